The molecule has 0 spiro atoms. The smallest absolute Gasteiger partial charge is 0.0647 e. The second-order valence-electron chi connectivity index (χ2n) is 11.8. The van der Waals surface area contributed by atoms with Gasteiger partial charge < -0.3 is 10.6 Å². The summed E-state index contributed by atoms with van der Waals surface area (Å²) in [6.07, 6.45) is 1.80. The summed E-state index contributed by atoms with van der Waals surface area (Å²) < 4.78 is 0. The molecule has 2 heterocycles. The van der Waals surface area contributed by atoms with E-state index < -0.39 is 0 Å². The molecule has 222 valence electrons. The molecule has 6 rings (SSSR count). The van der Waals surface area contributed by atoms with E-state index in [1.54, 1.807) is 22.7 Å². The predicted octanol–water partition coefficient (Wildman–Crippen LogP) is 12.4. The number of para-hydroxylation sites is 2. The summed E-state index contributed by atoms with van der Waals surface area (Å²) in [7, 11) is 0. The van der Waals surface area contributed by atoms with Gasteiger partial charge in [-0.2, -0.15) is 11.3 Å². The summed E-state index contributed by atoms with van der Waals surface area (Å²) in [6.45, 7) is 8.92. The number of nitrogens with zero attached hydrogens (tertiary/aromatic N) is 1. The van der Waals surface area contributed by atoms with Crippen LogP contribution >= 0.6 is 22.7 Å². The fourth-order valence-electron chi connectivity index (χ4n) is 6.03. The molecule has 0 saturated heterocycles. The summed E-state index contributed by atoms with van der Waals surface area (Å²) in [6, 6.07) is 37.3. The number of anilines is 3. The Morgan fingerprint density at radius 1 is 0.614 bits per heavy atom. The molecule has 2 N–H and O–H groups in total. The van der Waals surface area contributed by atoms with Crippen LogP contribution in [-0.2, 0) is 5.54 Å². The molecule has 0 amide bonds. The quantitative estimate of drug-likeness (QED) is 0.167. The van der Waals surface area contributed by atoms with E-state index in [9.17, 15) is 0 Å². The van der Waals surface area contributed by atoms with Crippen LogP contribution in [0.2, 0.25) is 0 Å². The van der Waals surface area contributed by atoms with Gasteiger partial charge in [0.15, 0.2) is 0 Å². The highest BCUT2D eigenvalue weighted by molar-refractivity contribution is 7.09. The third kappa shape index (κ3) is 5.78. The lowest BCUT2D eigenvalue weighted by Gasteiger charge is -2.30. The van der Waals surface area contributed by atoms with Crippen molar-refractivity contribution in [1.29, 1.82) is 0 Å². The van der Waals surface area contributed by atoms with E-state index in [-0.39, 0.29) is 5.54 Å². The Labute approximate surface area is 270 Å². The topological polar surface area (TPSA) is 29.3 Å². The Morgan fingerprint density at radius 3 is 1.70 bits per heavy atom. The summed E-state index contributed by atoms with van der Waals surface area (Å²) >= 11 is 3.50. The van der Waals surface area contributed by atoms with Crippen molar-refractivity contribution >= 4 is 39.7 Å². The molecule has 0 aliphatic heterocycles. The monoisotopic (exact) mass is 612 g/mol. The van der Waals surface area contributed by atoms with Gasteiger partial charge in [-0.3, -0.25) is 0 Å². The van der Waals surface area contributed by atoms with Gasteiger partial charge in [0.1, 0.15) is 0 Å². The van der Waals surface area contributed by atoms with Crippen LogP contribution in [0.1, 0.15) is 57.6 Å². The van der Waals surface area contributed by atoms with Gasteiger partial charge >= 0.3 is 0 Å². The van der Waals surface area contributed by atoms with Crippen molar-refractivity contribution in [3.8, 4) is 33.4 Å². The Hall–Kier alpha value is -3.96. The second kappa shape index (κ2) is 13.0. The molecule has 0 atom stereocenters. The van der Waals surface area contributed by atoms with Crippen LogP contribution in [0, 0.1) is 0 Å². The first-order chi connectivity index (χ1) is 21.4. The SMILES string of the molecule is CCC(N)(CC)c1ccc(C(C)C)cc1-c1cscc1-c1ccc(-c2cscc2N(c2ccccc2)c2ccccc2)cc1. The van der Waals surface area contributed by atoms with E-state index in [0.717, 1.165) is 24.2 Å². The zero-order valence-corrected chi connectivity index (χ0v) is 27.6. The number of benzene rings is 4. The lowest BCUT2D eigenvalue weighted by Crippen LogP contribution is -2.35. The van der Waals surface area contributed by atoms with Crippen molar-refractivity contribution < 1.29 is 0 Å². The van der Waals surface area contributed by atoms with Crippen LogP contribution < -0.4 is 10.6 Å². The molecule has 0 aliphatic rings. The zero-order valence-electron chi connectivity index (χ0n) is 26.0. The lowest BCUT2D eigenvalue weighted by molar-refractivity contribution is 0.414. The van der Waals surface area contributed by atoms with Crippen LogP contribution in [-0.4, -0.2) is 0 Å². The lowest BCUT2D eigenvalue weighted by atomic mass is 9.79. The Bertz CT molecular complexity index is 1770. The van der Waals surface area contributed by atoms with Crippen molar-refractivity contribution in [3.05, 3.63) is 136 Å². The van der Waals surface area contributed by atoms with Gasteiger partial charge in [0.25, 0.3) is 0 Å². The zero-order chi connectivity index (χ0) is 30.7. The van der Waals surface area contributed by atoms with Gasteiger partial charge in [0.05, 0.1) is 5.69 Å². The molecule has 0 radical (unpaired) electrons. The summed E-state index contributed by atoms with van der Waals surface area (Å²) in [5.74, 6) is 0.450. The third-order valence-electron chi connectivity index (χ3n) is 8.88. The van der Waals surface area contributed by atoms with Crippen LogP contribution in [0.5, 0.6) is 0 Å². The minimum atomic E-state index is -0.355. The maximum Gasteiger partial charge on any atom is 0.0647 e. The normalized spacial score (nSPS) is 11.7. The van der Waals surface area contributed by atoms with Crippen LogP contribution in [0.25, 0.3) is 33.4 Å². The predicted molar refractivity (Wildman–Crippen MR) is 194 cm³/mol. The maximum atomic E-state index is 7.04. The highest BCUT2D eigenvalue weighted by Crippen LogP contribution is 2.45. The summed E-state index contributed by atoms with van der Waals surface area (Å²) in [4.78, 5) is 2.35. The van der Waals surface area contributed by atoms with Crippen molar-refractivity contribution in [3.63, 3.8) is 0 Å². The third-order valence-corrected chi connectivity index (χ3v) is 10.4. The van der Waals surface area contributed by atoms with E-state index in [4.69, 9.17) is 5.73 Å². The first-order valence-electron chi connectivity index (χ1n) is 15.5. The standard InChI is InChI=1S/C40H40N2S2/c1-5-40(41,6-2)38-22-21-31(28(3)4)23-34(38)37-26-43-24-35(37)29-17-19-30(20-18-29)36-25-44-27-39(36)42(32-13-9-7-10-14-32)33-15-11-8-12-16-33/h7-28H,5-6,41H2,1-4H3. The maximum absolute atomic E-state index is 7.04. The number of nitrogens with two attached hydrogens (primary N) is 1. The molecule has 44 heavy (non-hydrogen) atoms. The molecule has 4 heteroatoms. The van der Waals surface area contributed by atoms with Gasteiger partial charge in [-0.1, -0.05) is 107 Å². The Kier molecular flexibility index (Phi) is 8.86. The minimum absolute atomic E-state index is 0.355. The molecule has 2 nitrogen and oxygen atoms in total. The number of thiophene rings is 2. The highest BCUT2D eigenvalue weighted by atomic mass is 32.1. The highest BCUT2D eigenvalue weighted by Gasteiger charge is 2.28. The first kappa shape index (κ1) is 30.1. The van der Waals surface area contributed by atoms with Crippen molar-refractivity contribution in [2.24, 2.45) is 5.73 Å². The molecule has 0 bridgehead atoms. The van der Waals surface area contributed by atoms with Gasteiger partial charge in [-0.05, 0) is 81.6 Å². The molecule has 0 saturated carbocycles. The molecule has 0 fully saturated rings. The van der Waals surface area contributed by atoms with Crippen molar-refractivity contribution in [1.82, 2.24) is 0 Å². The van der Waals surface area contributed by atoms with E-state index in [0.29, 0.717) is 5.92 Å². The second-order valence-corrected chi connectivity index (χ2v) is 13.3. The van der Waals surface area contributed by atoms with E-state index in [1.807, 2.05) is 0 Å². The molecule has 0 unspecified atom stereocenters. The molecular formula is C40H40N2S2. The molecule has 4 aromatic carbocycles. The van der Waals surface area contributed by atoms with E-state index in [2.05, 4.69) is 157 Å². The summed E-state index contributed by atoms with van der Waals surface area (Å²) in [5, 5.41) is 9.10. The minimum Gasteiger partial charge on any atom is -0.321 e. The van der Waals surface area contributed by atoms with Crippen molar-refractivity contribution in [2.45, 2.75) is 52.0 Å². The fraction of sp³-hybridized carbons (Fsp3) is 0.200. The van der Waals surface area contributed by atoms with E-state index in [1.165, 1.54) is 50.2 Å². The van der Waals surface area contributed by atoms with E-state index >= 15 is 0 Å². The first-order valence-corrected chi connectivity index (χ1v) is 17.4. The molecule has 0 aliphatic carbocycles. The van der Waals surface area contributed by atoms with Crippen LogP contribution in [0.3, 0.4) is 0 Å². The summed E-state index contributed by atoms with van der Waals surface area (Å²) in [5.41, 5.74) is 20.2. The van der Waals surface area contributed by atoms with Crippen molar-refractivity contribution in [2.75, 3.05) is 4.90 Å². The molecule has 6 aromatic rings. The van der Waals surface area contributed by atoms with Gasteiger partial charge in [-0.15, -0.1) is 11.3 Å². The van der Waals surface area contributed by atoms with Gasteiger partial charge in [-0.25, -0.2) is 0 Å². The Morgan fingerprint density at radius 2 is 1.14 bits per heavy atom. The average molecular weight is 613 g/mol. The van der Waals surface area contributed by atoms with Crippen LogP contribution in [0.15, 0.2) is 125 Å². The number of rotatable bonds is 10. The molecular weight excluding hydrogens is 573 g/mol. The number of hydrogen-bond donors (Lipinski definition) is 1. The Balaban J connectivity index is 1.40. The van der Waals surface area contributed by atoms with Gasteiger partial charge in [0, 0.05) is 44.4 Å². The fourth-order valence-corrected chi connectivity index (χ4v) is 7.71. The number of hydrogen-bond acceptors (Lipinski definition) is 4. The van der Waals surface area contributed by atoms with Crippen LogP contribution in [0.4, 0.5) is 17.1 Å². The molecule has 2 aromatic heterocycles. The average Bonchev–Trinajstić information content (AvgIpc) is 3.76. The largest absolute Gasteiger partial charge is 0.321 e. The van der Waals surface area contributed by atoms with Gasteiger partial charge in [0.2, 0.25) is 0 Å².